The highest BCUT2D eigenvalue weighted by Gasteiger charge is 2.20. The van der Waals surface area contributed by atoms with E-state index in [2.05, 4.69) is 38.1 Å². The third-order valence-corrected chi connectivity index (χ3v) is 4.61. The highest BCUT2D eigenvalue weighted by atomic mass is 79.9. The molecule has 1 aromatic rings. The van der Waals surface area contributed by atoms with E-state index in [1.54, 1.807) is 6.92 Å². The van der Waals surface area contributed by atoms with Gasteiger partial charge in [-0.3, -0.25) is 0 Å². The number of ether oxygens (including phenoxy) is 1. The van der Waals surface area contributed by atoms with Crippen molar-refractivity contribution < 1.29 is 9.53 Å². The van der Waals surface area contributed by atoms with Crippen molar-refractivity contribution in [3.63, 3.8) is 0 Å². The molecule has 21 heavy (non-hydrogen) atoms. The second-order valence-electron chi connectivity index (χ2n) is 5.62. The number of carbonyl (C=O) groups excluding carboxylic acids is 1. The number of carbonyl (C=O) groups is 1. The molecule has 5 nitrogen and oxygen atoms in total. The Morgan fingerprint density at radius 3 is 3.00 bits per heavy atom. The summed E-state index contributed by atoms with van der Waals surface area (Å²) in [5, 5.41) is 3.33. The van der Waals surface area contributed by atoms with Gasteiger partial charge in [0.15, 0.2) is 5.69 Å². The van der Waals surface area contributed by atoms with Crippen LogP contribution in [0.1, 0.15) is 50.0 Å². The lowest BCUT2D eigenvalue weighted by molar-refractivity contribution is 0.0518. The maximum atomic E-state index is 11.8. The molecule has 0 amide bonds. The Labute approximate surface area is 134 Å². The normalized spacial score (nSPS) is 21.9. The Morgan fingerprint density at radius 1 is 1.48 bits per heavy atom. The van der Waals surface area contributed by atoms with Crippen molar-refractivity contribution in [1.82, 2.24) is 9.97 Å². The zero-order chi connectivity index (χ0) is 15.2. The minimum atomic E-state index is -0.430. The van der Waals surface area contributed by atoms with Crippen LogP contribution in [0.25, 0.3) is 0 Å². The summed E-state index contributed by atoms with van der Waals surface area (Å²) in [6.45, 7) is 5.29. The predicted molar refractivity (Wildman–Crippen MR) is 85.3 cm³/mol. The number of esters is 1. The Bertz CT molecular complexity index is 496. The molecular weight excluding hydrogens is 334 g/mol. The molecule has 0 aromatic carbocycles. The molecule has 1 aromatic heterocycles. The first-order chi connectivity index (χ1) is 10.1. The van der Waals surface area contributed by atoms with Crippen LogP contribution in [-0.2, 0) is 4.74 Å². The summed E-state index contributed by atoms with van der Waals surface area (Å²) in [6, 6.07) is 0. The number of hydrogen-bond acceptors (Lipinski definition) is 5. The molecular formula is C15H22BrN3O2. The van der Waals surface area contributed by atoms with Crippen molar-refractivity contribution in [2.45, 2.75) is 39.5 Å². The average Bonchev–Trinajstić information content (AvgIpc) is 2.46. The molecule has 2 unspecified atom stereocenters. The van der Waals surface area contributed by atoms with Gasteiger partial charge in [0.05, 0.1) is 11.1 Å². The molecule has 0 radical (unpaired) electrons. The fourth-order valence-corrected chi connectivity index (χ4v) is 3.33. The lowest BCUT2D eigenvalue weighted by Crippen LogP contribution is -2.22. The number of nitrogens with one attached hydrogen (secondary N) is 1. The van der Waals surface area contributed by atoms with Crippen LogP contribution in [0.4, 0.5) is 5.82 Å². The number of rotatable bonds is 5. The van der Waals surface area contributed by atoms with Crippen LogP contribution in [0.15, 0.2) is 10.8 Å². The minimum absolute atomic E-state index is 0.270. The fraction of sp³-hybridized carbons (Fsp3) is 0.667. The standard InChI is InChI=1S/C15H22BrN3O2/c1-3-21-15(20)13-12(16)14(19-9-18-13)17-8-11-6-4-5-10(2)7-11/h9-11H,3-8H2,1-2H3,(H,17,18,19). The summed E-state index contributed by atoms with van der Waals surface area (Å²) in [5.74, 6) is 1.70. The summed E-state index contributed by atoms with van der Waals surface area (Å²) in [4.78, 5) is 20.0. The van der Waals surface area contributed by atoms with Gasteiger partial charge in [0.25, 0.3) is 0 Å². The Hall–Kier alpha value is -1.17. The molecule has 6 heteroatoms. The first kappa shape index (κ1) is 16.2. The monoisotopic (exact) mass is 355 g/mol. The molecule has 1 saturated carbocycles. The molecule has 1 heterocycles. The maximum Gasteiger partial charge on any atom is 0.358 e. The highest BCUT2D eigenvalue weighted by Crippen LogP contribution is 2.29. The minimum Gasteiger partial charge on any atom is -0.461 e. The van der Waals surface area contributed by atoms with E-state index in [0.717, 1.165) is 12.5 Å². The highest BCUT2D eigenvalue weighted by molar-refractivity contribution is 9.10. The zero-order valence-electron chi connectivity index (χ0n) is 12.6. The van der Waals surface area contributed by atoms with E-state index >= 15 is 0 Å². The summed E-state index contributed by atoms with van der Waals surface area (Å²) >= 11 is 3.40. The molecule has 2 rings (SSSR count). The predicted octanol–water partition coefficient (Wildman–Crippen LogP) is 3.65. The van der Waals surface area contributed by atoms with Crippen molar-refractivity contribution in [2.75, 3.05) is 18.5 Å². The first-order valence-corrected chi connectivity index (χ1v) is 8.32. The first-order valence-electron chi connectivity index (χ1n) is 7.53. The van der Waals surface area contributed by atoms with Crippen molar-refractivity contribution >= 4 is 27.7 Å². The van der Waals surface area contributed by atoms with Gasteiger partial charge >= 0.3 is 5.97 Å². The van der Waals surface area contributed by atoms with Crippen LogP contribution < -0.4 is 5.32 Å². The molecule has 1 aliphatic rings. The van der Waals surface area contributed by atoms with E-state index in [0.29, 0.717) is 22.8 Å². The van der Waals surface area contributed by atoms with E-state index < -0.39 is 5.97 Å². The van der Waals surface area contributed by atoms with E-state index in [1.165, 1.54) is 32.0 Å². The molecule has 1 aliphatic carbocycles. The zero-order valence-corrected chi connectivity index (χ0v) is 14.1. The van der Waals surface area contributed by atoms with E-state index in [1.807, 2.05) is 0 Å². The van der Waals surface area contributed by atoms with Crippen LogP contribution in [0, 0.1) is 11.8 Å². The number of halogens is 1. The maximum absolute atomic E-state index is 11.8. The number of nitrogens with zero attached hydrogens (tertiary/aromatic N) is 2. The average molecular weight is 356 g/mol. The number of hydrogen-bond donors (Lipinski definition) is 1. The smallest absolute Gasteiger partial charge is 0.358 e. The van der Waals surface area contributed by atoms with E-state index in [9.17, 15) is 4.79 Å². The third kappa shape index (κ3) is 4.40. The van der Waals surface area contributed by atoms with Crippen LogP contribution in [0.5, 0.6) is 0 Å². The second-order valence-corrected chi connectivity index (χ2v) is 6.42. The molecule has 1 N–H and O–H groups in total. The Kier molecular flexibility index (Phi) is 5.96. The van der Waals surface area contributed by atoms with Gasteiger partial charge in [-0.2, -0.15) is 0 Å². The largest absolute Gasteiger partial charge is 0.461 e. The molecule has 1 fully saturated rings. The molecule has 116 valence electrons. The van der Waals surface area contributed by atoms with E-state index in [4.69, 9.17) is 4.74 Å². The third-order valence-electron chi connectivity index (χ3n) is 3.86. The topological polar surface area (TPSA) is 64.1 Å². The fourth-order valence-electron chi connectivity index (χ4n) is 2.82. The van der Waals surface area contributed by atoms with Gasteiger partial charge in [0.2, 0.25) is 0 Å². The van der Waals surface area contributed by atoms with Crippen LogP contribution in [0.3, 0.4) is 0 Å². The van der Waals surface area contributed by atoms with Crippen molar-refractivity contribution in [3.8, 4) is 0 Å². The van der Waals surface area contributed by atoms with Crippen LogP contribution >= 0.6 is 15.9 Å². The van der Waals surface area contributed by atoms with Crippen LogP contribution in [-0.4, -0.2) is 29.1 Å². The lowest BCUT2D eigenvalue weighted by atomic mass is 9.82. The summed E-state index contributed by atoms with van der Waals surface area (Å²) in [6.07, 6.45) is 6.53. The Morgan fingerprint density at radius 2 is 2.29 bits per heavy atom. The van der Waals surface area contributed by atoms with Crippen molar-refractivity contribution in [1.29, 1.82) is 0 Å². The quantitative estimate of drug-likeness (QED) is 0.816. The number of aromatic nitrogens is 2. The Balaban J connectivity index is 2.00. The lowest BCUT2D eigenvalue weighted by Gasteiger charge is -2.27. The number of anilines is 1. The van der Waals surface area contributed by atoms with Crippen LogP contribution in [0.2, 0.25) is 0 Å². The molecule has 0 bridgehead atoms. The van der Waals surface area contributed by atoms with Gasteiger partial charge in [0.1, 0.15) is 12.1 Å². The SMILES string of the molecule is CCOC(=O)c1ncnc(NCC2CCCC(C)C2)c1Br. The summed E-state index contributed by atoms with van der Waals surface area (Å²) in [7, 11) is 0. The van der Waals surface area contributed by atoms with E-state index in [-0.39, 0.29) is 5.69 Å². The van der Waals surface area contributed by atoms with Gasteiger partial charge < -0.3 is 10.1 Å². The molecule has 0 aliphatic heterocycles. The van der Waals surface area contributed by atoms with Gasteiger partial charge in [-0.25, -0.2) is 14.8 Å². The second kappa shape index (κ2) is 7.73. The molecule has 0 spiro atoms. The van der Waals surface area contributed by atoms with Crippen molar-refractivity contribution in [2.24, 2.45) is 11.8 Å². The van der Waals surface area contributed by atoms with Gasteiger partial charge in [-0.05, 0) is 47.5 Å². The molecule has 2 atom stereocenters. The van der Waals surface area contributed by atoms with Gasteiger partial charge in [0, 0.05) is 6.54 Å². The molecule has 0 saturated heterocycles. The summed E-state index contributed by atoms with van der Waals surface area (Å²) < 4.78 is 5.56. The van der Waals surface area contributed by atoms with Gasteiger partial charge in [-0.1, -0.05) is 19.8 Å². The van der Waals surface area contributed by atoms with Crippen molar-refractivity contribution in [3.05, 3.63) is 16.5 Å². The summed E-state index contributed by atoms with van der Waals surface area (Å²) in [5.41, 5.74) is 0.270. The van der Waals surface area contributed by atoms with Gasteiger partial charge in [-0.15, -0.1) is 0 Å².